The fourth-order valence-electron chi connectivity index (χ4n) is 1.29. The van der Waals surface area contributed by atoms with Crippen molar-refractivity contribution in [1.82, 2.24) is 0 Å². The lowest BCUT2D eigenvalue weighted by atomic mass is 10.3. The smallest absolute Gasteiger partial charge is 0.404 e. The van der Waals surface area contributed by atoms with Gasteiger partial charge in [-0.25, -0.2) is 8.42 Å². The largest absolute Gasteiger partial charge is 0.573 e. The average molecular weight is 268 g/mol. The molecule has 0 unspecified atom stereocenters. The van der Waals surface area contributed by atoms with Crippen LogP contribution in [0.1, 0.15) is 13.3 Å². The molecule has 1 rings (SSSR count). The van der Waals surface area contributed by atoms with Gasteiger partial charge in [-0.1, -0.05) is 19.1 Å². The molecule has 0 N–H and O–H groups in total. The van der Waals surface area contributed by atoms with E-state index in [0.29, 0.717) is 6.42 Å². The van der Waals surface area contributed by atoms with E-state index < -0.39 is 26.8 Å². The Kier molecular flexibility index (Phi) is 4.03. The van der Waals surface area contributed by atoms with Gasteiger partial charge in [-0.05, 0) is 18.6 Å². The van der Waals surface area contributed by atoms with E-state index >= 15 is 0 Å². The number of para-hydroxylation sites is 1. The van der Waals surface area contributed by atoms with Crippen LogP contribution in [-0.2, 0) is 9.84 Å². The van der Waals surface area contributed by atoms with Crippen LogP contribution in [0.25, 0.3) is 0 Å². The molecule has 0 fully saturated rings. The number of rotatable bonds is 4. The average Bonchev–Trinajstić information content (AvgIpc) is 2.15. The molecule has 0 aliphatic heterocycles. The third-order valence-corrected chi connectivity index (χ3v) is 3.84. The molecule has 1 aromatic rings. The van der Waals surface area contributed by atoms with Gasteiger partial charge < -0.3 is 4.74 Å². The maximum atomic E-state index is 12.1. The number of hydrogen-bond acceptors (Lipinski definition) is 3. The highest BCUT2D eigenvalue weighted by Crippen LogP contribution is 2.30. The van der Waals surface area contributed by atoms with Crippen molar-refractivity contribution in [3.63, 3.8) is 0 Å². The normalized spacial score (nSPS) is 12.5. The first kappa shape index (κ1) is 13.8. The van der Waals surface area contributed by atoms with Crippen molar-refractivity contribution in [2.75, 3.05) is 5.75 Å². The lowest BCUT2D eigenvalue weighted by Gasteiger charge is -2.12. The summed E-state index contributed by atoms with van der Waals surface area (Å²) in [5.41, 5.74) is 0. The molecule has 0 saturated carbocycles. The van der Waals surface area contributed by atoms with Crippen molar-refractivity contribution in [1.29, 1.82) is 0 Å². The molecule has 0 heterocycles. The minimum absolute atomic E-state index is 0.217. The number of halogens is 3. The SMILES string of the molecule is CCCS(=O)(=O)c1ccccc1OC(F)(F)F. The van der Waals surface area contributed by atoms with Gasteiger partial charge in [0.15, 0.2) is 9.84 Å². The van der Waals surface area contributed by atoms with Crippen molar-refractivity contribution >= 4 is 9.84 Å². The molecule has 0 aromatic heterocycles. The number of benzene rings is 1. The molecule has 0 saturated heterocycles. The summed E-state index contributed by atoms with van der Waals surface area (Å²) in [6, 6.07) is 4.72. The van der Waals surface area contributed by atoms with E-state index in [-0.39, 0.29) is 5.75 Å². The van der Waals surface area contributed by atoms with E-state index in [1.54, 1.807) is 6.92 Å². The number of ether oxygens (including phenoxy) is 1. The quantitative estimate of drug-likeness (QED) is 0.843. The van der Waals surface area contributed by atoms with Crippen LogP contribution in [0.15, 0.2) is 29.2 Å². The monoisotopic (exact) mass is 268 g/mol. The Balaban J connectivity index is 3.17. The van der Waals surface area contributed by atoms with Crippen LogP contribution in [0.3, 0.4) is 0 Å². The predicted molar refractivity (Wildman–Crippen MR) is 55.5 cm³/mol. The van der Waals surface area contributed by atoms with Gasteiger partial charge in [-0.15, -0.1) is 13.2 Å². The van der Waals surface area contributed by atoms with Crippen molar-refractivity contribution in [3.8, 4) is 5.75 Å². The second kappa shape index (κ2) is 4.95. The van der Waals surface area contributed by atoms with Crippen molar-refractivity contribution in [2.45, 2.75) is 24.6 Å². The second-order valence-electron chi connectivity index (χ2n) is 3.31. The van der Waals surface area contributed by atoms with E-state index in [9.17, 15) is 21.6 Å². The molecule has 0 aliphatic rings. The topological polar surface area (TPSA) is 43.4 Å². The highest BCUT2D eigenvalue weighted by molar-refractivity contribution is 7.91. The van der Waals surface area contributed by atoms with Gasteiger partial charge in [0.05, 0.1) is 5.75 Å². The Morgan fingerprint density at radius 3 is 2.35 bits per heavy atom. The minimum Gasteiger partial charge on any atom is -0.404 e. The van der Waals surface area contributed by atoms with E-state index in [4.69, 9.17) is 0 Å². The molecular formula is C10H11F3O3S. The first-order valence-corrected chi connectivity index (χ1v) is 6.49. The molecule has 0 aliphatic carbocycles. The lowest BCUT2D eigenvalue weighted by molar-refractivity contribution is -0.275. The molecule has 0 bridgehead atoms. The summed E-state index contributed by atoms with van der Waals surface area (Å²) in [4.78, 5) is -0.431. The highest BCUT2D eigenvalue weighted by atomic mass is 32.2. The zero-order valence-electron chi connectivity index (χ0n) is 8.99. The summed E-state index contributed by atoms with van der Waals surface area (Å²) in [6.45, 7) is 1.63. The Bertz CT molecular complexity index is 480. The molecule has 0 atom stereocenters. The Labute approximate surface area is 97.1 Å². The van der Waals surface area contributed by atoms with Gasteiger partial charge >= 0.3 is 6.36 Å². The zero-order valence-corrected chi connectivity index (χ0v) is 9.81. The Hall–Kier alpha value is -1.24. The van der Waals surface area contributed by atoms with Crippen LogP contribution >= 0.6 is 0 Å². The maximum Gasteiger partial charge on any atom is 0.573 e. The van der Waals surface area contributed by atoms with E-state index in [2.05, 4.69) is 4.74 Å². The Morgan fingerprint density at radius 1 is 1.24 bits per heavy atom. The molecule has 96 valence electrons. The van der Waals surface area contributed by atoms with Gasteiger partial charge in [-0.3, -0.25) is 0 Å². The molecule has 0 spiro atoms. The summed E-state index contributed by atoms with van der Waals surface area (Å²) in [5, 5.41) is 0. The van der Waals surface area contributed by atoms with Crippen molar-refractivity contribution in [2.24, 2.45) is 0 Å². The van der Waals surface area contributed by atoms with E-state index in [0.717, 1.165) is 12.1 Å². The first-order valence-electron chi connectivity index (χ1n) is 4.84. The summed E-state index contributed by atoms with van der Waals surface area (Å²) in [7, 11) is -3.74. The van der Waals surface area contributed by atoms with Crippen LogP contribution in [0.4, 0.5) is 13.2 Å². The lowest BCUT2D eigenvalue weighted by Crippen LogP contribution is -2.19. The van der Waals surface area contributed by atoms with E-state index in [1.807, 2.05) is 0 Å². The predicted octanol–water partition coefficient (Wildman–Crippen LogP) is 2.77. The molecule has 7 heteroatoms. The third kappa shape index (κ3) is 3.92. The summed E-state index contributed by atoms with van der Waals surface area (Å²) in [6.07, 6.45) is -4.58. The van der Waals surface area contributed by atoms with Gasteiger partial charge in [0, 0.05) is 0 Å². The second-order valence-corrected chi connectivity index (χ2v) is 5.39. The van der Waals surface area contributed by atoms with Crippen LogP contribution in [0.2, 0.25) is 0 Å². The highest BCUT2D eigenvalue weighted by Gasteiger charge is 2.33. The van der Waals surface area contributed by atoms with Gasteiger partial charge in [-0.2, -0.15) is 0 Å². The molecule has 0 amide bonds. The summed E-state index contributed by atoms with van der Waals surface area (Å²) in [5.74, 6) is -0.904. The van der Waals surface area contributed by atoms with Crippen molar-refractivity contribution < 1.29 is 26.3 Å². The number of alkyl halides is 3. The van der Waals surface area contributed by atoms with E-state index in [1.165, 1.54) is 12.1 Å². The molecular weight excluding hydrogens is 257 g/mol. The van der Waals surface area contributed by atoms with Crippen LogP contribution < -0.4 is 4.74 Å². The molecule has 3 nitrogen and oxygen atoms in total. The summed E-state index contributed by atoms with van der Waals surface area (Å²) >= 11 is 0. The van der Waals surface area contributed by atoms with Gasteiger partial charge in [0.2, 0.25) is 0 Å². The fraction of sp³-hybridized carbons (Fsp3) is 0.400. The van der Waals surface area contributed by atoms with Gasteiger partial charge in [0.1, 0.15) is 10.6 Å². The van der Waals surface area contributed by atoms with Crippen molar-refractivity contribution in [3.05, 3.63) is 24.3 Å². The standard InChI is InChI=1S/C10H11F3O3S/c1-2-7-17(14,15)9-6-4-3-5-8(9)16-10(11,12)13/h3-6H,2,7H2,1H3. The van der Waals surface area contributed by atoms with Crippen LogP contribution in [0, 0.1) is 0 Å². The van der Waals surface area contributed by atoms with Crippen LogP contribution in [-0.4, -0.2) is 20.5 Å². The number of sulfone groups is 1. The third-order valence-electron chi connectivity index (χ3n) is 1.88. The fourth-order valence-corrected chi connectivity index (χ4v) is 2.75. The first-order chi connectivity index (χ1) is 7.76. The maximum absolute atomic E-state index is 12.1. The van der Waals surface area contributed by atoms with Gasteiger partial charge in [0.25, 0.3) is 0 Å². The molecule has 1 aromatic carbocycles. The Morgan fingerprint density at radius 2 is 1.82 bits per heavy atom. The minimum atomic E-state index is -4.90. The number of hydrogen-bond donors (Lipinski definition) is 0. The molecule has 0 radical (unpaired) electrons. The summed E-state index contributed by atoms with van der Waals surface area (Å²) < 4.78 is 63.3. The van der Waals surface area contributed by atoms with Crippen LogP contribution in [0.5, 0.6) is 5.75 Å². The molecule has 17 heavy (non-hydrogen) atoms. The zero-order chi connectivity index (χ0) is 13.1.